The second-order valence-corrected chi connectivity index (χ2v) is 8.33. The normalized spacial score (nSPS) is 24.6. The molecule has 5 N–H and O–H groups in total. The van der Waals surface area contributed by atoms with Crippen LogP contribution >= 0.6 is 11.3 Å². The van der Waals surface area contributed by atoms with E-state index in [0.717, 1.165) is 23.4 Å². The number of hydrogen-bond acceptors (Lipinski definition) is 6. The zero-order valence-corrected chi connectivity index (χ0v) is 17.0. The van der Waals surface area contributed by atoms with E-state index < -0.39 is 11.9 Å². The molecule has 2 unspecified atom stereocenters. The van der Waals surface area contributed by atoms with Crippen molar-refractivity contribution >= 4 is 40.3 Å². The number of carbonyl (C=O) groups excluding carboxylic acids is 2. The van der Waals surface area contributed by atoms with Gasteiger partial charge in [-0.25, -0.2) is 9.78 Å². The Morgan fingerprint density at radius 2 is 2.14 bits per heavy atom. The van der Waals surface area contributed by atoms with E-state index in [9.17, 15) is 9.59 Å². The molecule has 2 heterocycles. The Morgan fingerprint density at radius 1 is 1.43 bits per heavy atom. The highest BCUT2D eigenvalue weighted by Gasteiger charge is 2.35. The average molecular weight is 403 g/mol. The van der Waals surface area contributed by atoms with Gasteiger partial charge in [0.1, 0.15) is 6.04 Å². The maximum atomic E-state index is 12.5. The topological polar surface area (TPSA) is 127 Å². The van der Waals surface area contributed by atoms with Gasteiger partial charge in [-0.1, -0.05) is 24.8 Å². The van der Waals surface area contributed by atoms with Crippen LogP contribution in [0.3, 0.4) is 0 Å². The van der Waals surface area contributed by atoms with E-state index in [1.54, 1.807) is 12.3 Å². The van der Waals surface area contributed by atoms with Crippen molar-refractivity contribution < 1.29 is 9.59 Å². The fourth-order valence-corrected chi connectivity index (χ4v) is 4.25. The monoisotopic (exact) mass is 402 g/mol. The second-order valence-electron chi connectivity index (χ2n) is 7.33. The first-order chi connectivity index (χ1) is 13.3. The SMILES string of the molecule is C=C(/N=C\C=C(/N)c1sc(NC(=O)N2CCC[C@H]2C(N)=O)nc1C)C1CC1C. The Morgan fingerprint density at radius 3 is 2.79 bits per heavy atom. The van der Waals surface area contributed by atoms with Gasteiger partial charge < -0.3 is 16.4 Å². The molecule has 0 radical (unpaired) electrons. The average Bonchev–Trinajstić information content (AvgIpc) is 3.04. The van der Waals surface area contributed by atoms with Crippen molar-refractivity contribution in [3.63, 3.8) is 0 Å². The summed E-state index contributed by atoms with van der Waals surface area (Å²) in [4.78, 5) is 34.9. The van der Waals surface area contributed by atoms with Gasteiger partial charge in [0, 0.05) is 24.4 Å². The van der Waals surface area contributed by atoms with Crippen molar-refractivity contribution in [1.82, 2.24) is 9.88 Å². The summed E-state index contributed by atoms with van der Waals surface area (Å²) in [6.07, 6.45) is 5.85. The number of aryl methyl sites for hydroxylation is 1. The van der Waals surface area contributed by atoms with E-state index in [-0.39, 0.29) is 6.03 Å². The molecule has 3 rings (SSSR count). The van der Waals surface area contributed by atoms with Crippen LogP contribution in [0.1, 0.15) is 36.8 Å². The minimum atomic E-state index is -0.566. The lowest BCUT2D eigenvalue weighted by atomic mass is 10.2. The Labute approximate surface area is 168 Å². The molecular weight excluding hydrogens is 376 g/mol. The molecule has 8 nitrogen and oxygen atoms in total. The van der Waals surface area contributed by atoms with E-state index >= 15 is 0 Å². The first-order valence-corrected chi connectivity index (χ1v) is 10.1. The van der Waals surface area contributed by atoms with Gasteiger partial charge in [0.25, 0.3) is 0 Å². The third-order valence-electron chi connectivity index (χ3n) is 5.15. The Hall–Kier alpha value is -2.68. The molecule has 1 aromatic rings. The van der Waals surface area contributed by atoms with E-state index in [4.69, 9.17) is 11.5 Å². The number of hydrogen-bond donors (Lipinski definition) is 3. The van der Waals surface area contributed by atoms with Crippen molar-refractivity contribution in [2.75, 3.05) is 11.9 Å². The van der Waals surface area contributed by atoms with E-state index in [0.29, 0.717) is 41.3 Å². The highest BCUT2D eigenvalue weighted by Crippen LogP contribution is 2.43. The summed E-state index contributed by atoms with van der Waals surface area (Å²) in [7, 11) is 0. The van der Waals surface area contributed by atoms with Gasteiger partial charge in [-0.2, -0.15) is 0 Å². The van der Waals surface area contributed by atoms with E-state index in [1.165, 1.54) is 16.2 Å². The summed E-state index contributed by atoms with van der Waals surface area (Å²) in [6.45, 7) is 8.49. The van der Waals surface area contributed by atoms with Gasteiger partial charge in [-0.3, -0.25) is 15.1 Å². The predicted octanol–water partition coefficient (Wildman–Crippen LogP) is 2.47. The molecule has 2 aliphatic rings. The molecule has 28 heavy (non-hydrogen) atoms. The van der Waals surface area contributed by atoms with Crippen LogP contribution in [-0.4, -0.2) is 40.6 Å². The number of nitrogens with two attached hydrogens (primary N) is 2. The molecule has 0 aromatic carbocycles. The Kier molecular flexibility index (Phi) is 5.83. The molecule has 1 aliphatic heterocycles. The number of carbonyl (C=O) groups is 2. The predicted molar refractivity (Wildman–Crippen MR) is 112 cm³/mol. The van der Waals surface area contributed by atoms with E-state index in [2.05, 4.69) is 28.8 Å². The number of anilines is 1. The maximum absolute atomic E-state index is 12.5. The molecule has 0 spiro atoms. The summed E-state index contributed by atoms with van der Waals surface area (Å²) < 4.78 is 0. The minimum absolute atomic E-state index is 0.374. The number of rotatable bonds is 6. The summed E-state index contributed by atoms with van der Waals surface area (Å²) >= 11 is 1.28. The highest BCUT2D eigenvalue weighted by molar-refractivity contribution is 7.16. The van der Waals surface area contributed by atoms with Crippen molar-refractivity contribution in [1.29, 1.82) is 0 Å². The molecule has 1 aromatic heterocycles. The number of allylic oxidation sites excluding steroid dienone is 2. The van der Waals surface area contributed by atoms with Gasteiger partial charge in [-0.15, -0.1) is 0 Å². The molecule has 2 fully saturated rings. The number of aromatic nitrogens is 1. The molecule has 1 aliphatic carbocycles. The fourth-order valence-electron chi connectivity index (χ4n) is 3.36. The van der Waals surface area contributed by atoms with Gasteiger partial charge in [0.05, 0.1) is 16.3 Å². The third kappa shape index (κ3) is 4.41. The van der Waals surface area contributed by atoms with Crippen molar-refractivity contribution in [2.45, 2.75) is 39.2 Å². The molecular formula is C19H26N6O2S. The number of primary amides is 1. The quantitative estimate of drug-likeness (QED) is 0.632. The smallest absolute Gasteiger partial charge is 0.324 e. The number of likely N-dealkylation sites (tertiary alicyclic amines) is 1. The largest absolute Gasteiger partial charge is 0.397 e. The highest BCUT2D eigenvalue weighted by atomic mass is 32.1. The maximum Gasteiger partial charge on any atom is 0.324 e. The van der Waals surface area contributed by atoms with Crippen LogP contribution in [0, 0.1) is 18.8 Å². The lowest BCUT2D eigenvalue weighted by molar-refractivity contribution is -0.121. The molecule has 1 saturated carbocycles. The van der Waals surface area contributed by atoms with Gasteiger partial charge in [0.2, 0.25) is 5.91 Å². The lowest BCUT2D eigenvalue weighted by Crippen LogP contribution is -2.45. The number of thiazole rings is 1. The Bertz CT molecular complexity index is 859. The van der Waals surface area contributed by atoms with Gasteiger partial charge in [0.15, 0.2) is 5.13 Å². The van der Waals surface area contributed by atoms with Crippen molar-refractivity contribution in [3.8, 4) is 0 Å². The molecule has 9 heteroatoms. The van der Waals surface area contributed by atoms with Crippen LogP contribution in [0.4, 0.5) is 9.93 Å². The van der Waals surface area contributed by atoms with Crippen LogP contribution in [0.25, 0.3) is 5.70 Å². The van der Waals surface area contributed by atoms with Crippen LogP contribution in [0.2, 0.25) is 0 Å². The zero-order chi connectivity index (χ0) is 20.4. The van der Waals surface area contributed by atoms with Crippen LogP contribution in [-0.2, 0) is 4.79 Å². The molecule has 150 valence electrons. The summed E-state index contributed by atoms with van der Waals surface area (Å²) in [5, 5.41) is 3.17. The van der Waals surface area contributed by atoms with Gasteiger partial charge in [-0.05, 0) is 38.2 Å². The summed E-state index contributed by atoms with van der Waals surface area (Å²) in [5.41, 5.74) is 13.6. The third-order valence-corrected chi connectivity index (χ3v) is 6.27. The van der Waals surface area contributed by atoms with Crippen molar-refractivity contribution in [2.24, 2.45) is 28.3 Å². The summed E-state index contributed by atoms with van der Waals surface area (Å²) in [6, 6.07) is -0.940. The second kappa shape index (κ2) is 8.14. The fraction of sp³-hybridized carbons (Fsp3) is 0.474. The molecule has 0 bridgehead atoms. The number of aliphatic imine (C=N–C) groups is 1. The van der Waals surface area contributed by atoms with Crippen LogP contribution in [0.5, 0.6) is 0 Å². The number of nitrogens with one attached hydrogen (secondary N) is 1. The molecule has 3 atom stereocenters. The van der Waals surface area contributed by atoms with E-state index in [1.807, 2.05) is 6.92 Å². The van der Waals surface area contributed by atoms with Crippen LogP contribution in [0.15, 0.2) is 23.3 Å². The zero-order valence-electron chi connectivity index (χ0n) is 16.1. The van der Waals surface area contributed by atoms with Crippen LogP contribution < -0.4 is 16.8 Å². The number of nitrogens with zero attached hydrogens (tertiary/aromatic N) is 3. The minimum Gasteiger partial charge on any atom is -0.397 e. The lowest BCUT2D eigenvalue weighted by Gasteiger charge is -2.21. The summed E-state index contributed by atoms with van der Waals surface area (Å²) in [5.74, 6) is 0.649. The van der Waals surface area contributed by atoms with Crippen molar-refractivity contribution in [3.05, 3.63) is 28.9 Å². The number of amides is 3. The standard InChI is InChI=1S/C19H26N6O2S/c1-10-9-13(10)11(2)22-7-6-14(20)16-12(3)23-18(28-16)24-19(27)25-8-4-5-15(25)17(21)26/h6-7,10,13,15H,2,4-5,8-9,20H2,1,3H3,(H2,21,26)(H,23,24,27)/b14-6-,22-7-/t10?,13?,15-/m0/s1. The first kappa shape index (κ1) is 20.1. The first-order valence-electron chi connectivity index (χ1n) is 9.31. The number of urea groups is 1. The Balaban J connectivity index is 1.64. The van der Waals surface area contributed by atoms with Gasteiger partial charge >= 0.3 is 6.03 Å². The molecule has 3 amide bonds. The molecule has 1 saturated heterocycles.